The SMILES string of the molecule is C=C(CCC(C)C)[C@@H](O)c1ccc(Cl)cc1. The second-order valence-electron chi connectivity index (χ2n) is 4.54. The van der Waals surface area contributed by atoms with Crippen LogP contribution < -0.4 is 0 Å². The predicted molar refractivity (Wildman–Crippen MR) is 69.6 cm³/mol. The first-order valence-corrected chi connectivity index (χ1v) is 5.99. The van der Waals surface area contributed by atoms with E-state index in [1.165, 1.54) is 0 Å². The van der Waals surface area contributed by atoms with Crippen molar-refractivity contribution in [1.82, 2.24) is 0 Å². The molecule has 16 heavy (non-hydrogen) atoms. The van der Waals surface area contributed by atoms with Crippen LogP contribution in [-0.4, -0.2) is 5.11 Å². The smallest absolute Gasteiger partial charge is 0.0998 e. The second-order valence-corrected chi connectivity index (χ2v) is 4.98. The molecule has 0 aliphatic heterocycles. The van der Waals surface area contributed by atoms with Crippen molar-refractivity contribution < 1.29 is 5.11 Å². The van der Waals surface area contributed by atoms with E-state index < -0.39 is 6.10 Å². The Morgan fingerprint density at radius 1 is 1.31 bits per heavy atom. The Morgan fingerprint density at radius 3 is 2.38 bits per heavy atom. The maximum atomic E-state index is 10.1. The third kappa shape index (κ3) is 3.99. The summed E-state index contributed by atoms with van der Waals surface area (Å²) in [5, 5.41) is 10.7. The lowest BCUT2D eigenvalue weighted by atomic mass is 9.96. The largest absolute Gasteiger partial charge is 0.384 e. The number of halogens is 1. The predicted octanol–water partition coefficient (Wildman–Crippen LogP) is 4.37. The van der Waals surface area contributed by atoms with Crippen molar-refractivity contribution in [3.8, 4) is 0 Å². The highest BCUT2D eigenvalue weighted by Gasteiger charge is 2.11. The number of aliphatic hydroxyl groups excluding tert-OH is 1. The molecule has 0 bridgehead atoms. The summed E-state index contributed by atoms with van der Waals surface area (Å²) in [6.07, 6.45) is 1.35. The van der Waals surface area contributed by atoms with Crippen LogP contribution in [0, 0.1) is 5.92 Å². The van der Waals surface area contributed by atoms with Gasteiger partial charge in [-0.15, -0.1) is 0 Å². The van der Waals surface area contributed by atoms with Crippen LogP contribution >= 0.6 is 11.6 Å². The molecular weight excluding hydrogens is 220 g/mol. The van der Waals surface area contributed by atoms with Crippen LogP contribution in [0.25, 0.3) is 0 Å². The van der Waals surface area contributed by atoms with E-state index in [2.05, 4.69) is 20.4 Å². The zero-order valence-electron chi connectivity index (χ0n) is 9.91. The molecule has 1 aromatic rings. The van der Waals surface area contributed by atoms with Crippen molar-refractivity contribution >= 4 is 11.6 Å². The molecule has 0 radical (unpaired) electrons. The van der Waals surface area contributed by atoms with E-state index >= 15 is 0 Å². The van der Waals surface area contributed by atoms with E-state index in [0.717, 1.165) is 24.0 Å². The molecule has 0 unspecified atom stereocenters. The summed E-state index contributed by atoms with van der Waals surface area (Å²) in [6.45, 7) is 8.28. The molecule has 0 amide bonds. The molecule has 88 valence electrons. The molecule has 1 N–H and O–H groups in total. The summed E-state index contributed by atoms with van der Waals surface area (Å²) in [5.74, 6) is 0.633. The lowest BCUT2D eigenvalue weighted by Crippen LogP contribution is -2.02. The summed E-state index contributed by atoms with van der Waals surface area (Å²) in [4.78, 5) is 0. The van der Waals surface area contributed by atoms with E-state index in [1.54, 1.807) is 12.1 Å². The minimum absolute atomic E-state index is 0.573. The van der Waals surface area contributed by atoms with Gasteiger partial charge in [-0.3, -0.25) is 0 Å². The molecule has 0 saturated carbocycles. The van der Waals surface area contributed by atoms with Gasteiger partial charge in [0.05, 0.1) is 6.10 Å². The number of benzene rings is 1. The first kappa shape index (κ1) is 13.3. The van der Waals surface area contributed by atoms with Crippen LogP contribution in [-0.2, 0) is 0 Å². The standard InChI is InChI=1S/C14H19ClO/c1-10(2)4-5-11(3)14(16)12-6-8-13(15)9-7-12/h6-10,14,16H,3-5H2,1-2H3/t14-/m1/s1. The van der Waals surface area contributed by atoms with E-state index in [4.69, 9.17) is 11.6 Å². The van der Waals surface area contributed by atoms with Crippen molar-refractivity contribution in [2.75, 3.05) is 0 Å². The lowest BCUT2D eigenvalue weighted by Gasteiger charge is -2.15. The highest BCUT2D eigenvalue weighted by molar-refractivity contribution is 6.30. The van der Waals surface area contributed by atoms with Gasteiger partial charge in [0.25, 0.3) is 0 Å². The van der Waals surface area contributed by atoms with E-state index in [-0.39, 0.29) is 0 Å². The molecular formula is C14H19ClO. The Morgan fingerprint density at radius 2 is 1.88 bits per heavy atom. The first-order chi connectivity index (χ1) is 7.50. The molecule has 0 fully saturated rings. The molecule has 1 nitrogen and oxygen atoms in total. The third-order valence-corrected chi connectivity index (χ3v) is 2.87. The summed E-state index contributed by atoms with van der Waals surface area (Å²) in [6, 6.07) is 7.26. The minimum atomic E-state index is -0.573. The maximum absolute atomic E-state index is 10.1. The van der Waals surface area contributed by atoms with Crippen molar-refractivity contribution in [2.45, 2.75) is 32.8 Å². The van der Waals surface area contributed by atoms with Crippen LogP contribution in [0.4, 0.5) is 0 Å². The highest BCUT2D eigenvalue weighted by Crippen LogP contribution is 2.25. The highest BCUT2D eigenvalue weighted by atomic mass is 35.5. The summed E-state index contributed by atoms with van der Waals surface area (Å²) < 4.78 is 0. The molecule has 1 rings (SSSR count). The van der Waals surface area contributed by atoms with Crippen LogP contribution in [0.2, 0.25) is 5.02 Å². The fourth-order valence-corrected chi connectivity index (χ4v) is 1.62. The van der Waals surface area contributed by atoms with E-state index in [0.29, 0.717) is 10.9 Å². The molecule has 0 aliphatic rings. The van der Waals surface area contributed by atoms with Gasteiger partial charge >= 0.3 is 0 Å². The topological polar surface area (TPSA) is 20.2 Å². The zero-order valence-corrected chi connectivity index (χ0v) is 10.7. The Hall–Kier alpha value is -0.790. The van der Waals surface area contributed by atoms with E-state index in [9.17, 15) is 5.11 Å². The van der Waals surface area contributed by atoms with Gasteiger partial charge in [-0.1, -0.05) is 44.2 Å². The second kappa shape index (κ2) is 6.07. The van der Waals surface area contributed by atoms with Crippen molar-refractivity contribution in [2.24, 2.45) is 5.92 Å². The fourth-order valence-electron chi connectivity index (χ4n) is 1.49. The number of hydrogen-bond donors (Lipinski definition) is 1. The number of hydrogen-bond acceptors (Lipinski definition) is 1. The third-order valence-electron chi connectivity index (χ3n) is 2.62. The van der Waals surface area contributed by atoms with Crippen LogP contribution in [0.3, 0.4) is 0 Å². The lowest BCUT2D eigenvalue weighted by molar-refractivity contribution is 0.210. The Balaban J connectivity index is 2.59. The van der Waals surface area contributed by atoms with Crippen molar-refractivity contribution in [3.05, 3.63) is 47.0 Å². The summed E-state index contributed by atoms with van der Waals surface area (Å²) in [5.41, 5.74) is 1.73. The van der Waals surface area contributed by atoms with Gasteiger partial charge in [-0.25, -0.2) is 0 Å². The summed E-state index contributed by atoms with van der Waals surface area (Å²) in [7, 11) is 0. The van der Waals surface area contributed by atoms with Gasteiger partial charge < -0.3 is 5.11 Å². The average Bonchev–Trinajstić information content (AvgIpc) is 2.26. The van der Waals surface area contributed by atoms with Gasteiger partial charge in [-0.2, -0.15) is 0 Å². The van der Waals surface area contributed by atoms with Crippen LogP contribution in [0.15, 0.2) is 36.4 Å². The molecule has 0 spiro atoms. The van der Waals surface area contributed by atoms with E-state index in [1.807, 2.05) is 12.1 Å². The molecule has 0 heterocycles. The molecule has 1 aromatic carbocycles. The Kier molecular flexibility index (Phi) is 5.04. The number of rotatable bonds is 5. The van der Waals surface area contributed by atoms with Gasteiger partial charge in [0.15, 0.2) is 0 Å². The monoisotopic (exact) mass is 238 g/mol. The van der Waals surface area contributed by atoms with Crippen LogP contribution in [0.5, 0.6) is 0 Å². The van der Waals surface area contributed by atoms with Gasteiger partial charge in [0.2, 0.25) is 0 Å². The molecule has 0 aliphatic carbocycles. The average molecular weight is 239 g/mol. The summed E-state index contributed by atoms with van der Waals surface area (Å²) >= 11 is 5.79. The maximum Gasteiger partial charge on any atom is 0.0998 e. The molecule has 2 heteroatoms. The molecule has 0 aromatic heterocycles. The van der Waals surface area contributed by atoms with Gasteiger partial charge in [-0.05, 0) is 42.0 Å². The Labute approximate surface area is 103 Å². The zero-order chi connectivity index (χ0) is 12.1. The first-order valence-electron chi connectivity index (χ1n) is 5.62. The van der Waals surface area contributed by atoms with Crippen molar-refractivity contribution in [3.63, 3.8) is 0 Å². The van der Waals surface area contributed by atoms with Crippen LogP contribution in [0.1, 0.15) is 38.4 Å². The minimum Gasteiger partial charge on any atom is -0.384 e. The van der Waals surface area contributed by atoms with Crippen molar-refractivity contribution in [1.29, 1.82) is 0 Å². The van der Waals surface area contributed by atoms with Gasteiger partial charge in [0, 0.05) is 5.02 Å². The quantitative estimate of drug-likeness (QED) is 0.756. The van der Waals surface area contributed by atoms with Gasteiger partial charge in [0.1, 0.15) is 0 Å². The number of aliphatic hydroxyl groups is 1. The fraction of sp³-hybridized carbons (Fsp3) is 0.429. The molecule has 1 atom stereocenters. The molecule has 0 saturated heterocycles. The Bertz CT molecular complexity index is 340. The normalized spacial score (nSPS) is 12.8.